The van der Waals surface area contributed by atoms with E-state index in [1.807, 2.05) is 18.2 Å². The van der Waals surface area contributed by atoms with Gasteiger partial charge in [-0.15, -0.1) is 0 Å². The number of carbonyl (C=O) groups excluding carboxylic acids is 3. The van der Waals surface area contributed by atoms with Gasteiger partial charge in [0.2, 0.25) is 0 Å². The fourth-order valence-corrected chi connectivity index (χ4v) is 3.56. The Hall–Kier alpha value is -2.45. The molecule has 0 aromatic heterocycles. The molecule has 0 aromatic carbocycles. The van der Waals surface area contributed by atoms with E-state index in [9.17, 15) is 19.5 Å². The van der Waals surface area contributed by atoms with E-state index in [1.165, 1.54) is 12.8 Å². The fourth-order valence-electron chi connectivity index (χ4n) is 3.56. The Morgan fingerprint density at radius 2 is 1.45 bits per heavy atom. The third-order valence-electron chi connectivity index (χ3n) is 5.79. The standard InChI is InChI=1S/C30H51NO7/c1-6-8-10-12-14-16-18-20-28(32)37-25-26(24-36-23-22-27(30(34)35)31(3,4)5)38-29(33)21-19-17-15-13-11-9-7-2/h8,10,14-17,26-27H,6-7,9,11-13,18-25H2,1-5H3/b10-8+,16-14+,17-15+. The molecule has 0 aromatic rings. The Morgan fingerprint density at radius 3 is 2.08 bits per heavy atom. The quantitative estimate of drug-likeness (QED) is 0.0830. The van der Waals surface area contributed by atoms with Crippen molar-refractivity contribution in [3.8, 4) is 0 Å². The number of unbranched alkanes of at least 4 members (excludes halogenated alkanes) is 3. The zero-order valence-corrected chi connectivity index (χ0v) is 24.3. The van der Waals surface area contributed by atoms with Gasteiger partial charge < -0.3 is 28.6 Å². The third-order valence-corrected chi connectivity index (χ3v) is 5.79. The zero-order chi connectivity index (χ0) is 28.7. The van der Waals surface area contributed by atoms with Crippen LogP contribution in [0, 0.1) is 0 Å². The van der Waals surface area contributed by atoms with E-state index >= 15 is 0 Å². The first-order valence-electron chi connectivity index (χ1n) is 14.0. The average molecular weight is 538 g/mol. The molecule has 218 valence electrons. The number of quaternary nitrogens is 1. The molecule has 0 saturated carbocycles. The number of carboxylic acid groups (broad SMARTS) is 1. The van der Waals surface area contributed by atoms with Gasteiger partial charge in [-0.05, 0) is 38.5 Å². The van der Waals surface area contributed by atoms with Crippen LogP contribution in [0.2, 0.25) is 0 Å². The van der Waals surface area contributed by atoms with E-state index in [-0.39, 0.29) is 49.5 Å². The smallest absolute Gasteiger partial charge is 0.306 e. The Morgan fingerprint density at radius 1 is 0.816 bits per heavy atom. The number of hydrogen-bond donors (Lipinski definition) is 0. The van der Waals surface area contributed by atoms with Crippen LogP contribution >= 0.6 is 0 Å². The molecule has 2 atom stereocenters. The number of rotatable bonds is 23. The molecule has 0 bridgehead atoms. The topological polar surface area (TPSA) is 102 Å². The monoisotopic (exact) mass is 537 g/mol. The molecular formula is C30H51NO7. The third kappa shape index (κ3) is 20.6. The first-order chi connectivity index (χ1) is 18.1. The summed E-state index contributed by atoms with van der Waals surface area (Å²) in [6.07, 6.45) is 19.6. The number of hydrogen-bond acceptors (Lipinski definition) is 7. The highest BCUT2D eigenvalue weighted by Gasteiger charge is 2.25. The second-order valence-electron chi connectivity index (χ2n) is 10.2. The summed E-state index contributed by atoms with van der Waals surface area (Å²) >= 11 is 0. The Labute approximate surface area is 230 Å². The molecule has 0 N–H and O–H groups in total. The van der Waals surface area contributed by atoms with Crippen LogP contribution in [0.3, 0.4) is 0 Å². The summed E-state index contributed by atoms with van der Waals surface area (Å²) in [6, 6.07) is -0.733. The van der Waals surface area contributed by atoms with Gasteiger partial charge in [0.1, 0.15) is 12.6 Å². The summed E-state index contributed by atoms with van der Waals surface area (Å²) in [5.74, 6) is -1.91. The largest absolute Gasteiger partial charge is 0.544 e. The molecule has 0 aliphatic carbocycles. The van der Waals surface area contributed by atoms with E-state index in [0.717, 1.165) is 25.7 Å². The normalized spacial score (nSPS) is 13.8. The second-order valence-corrected chi connectivity index (χ2v) is 10.2. The maximum Gasteiger partial charge on any atom is 0.306 e. The lowest BCUT2D eigenvalue weighted by Gasteiger charge is -2.34. The van der Waals surface area contributed by atoms with Crippen molar-refractivity contribution in [1.29, 1.82) is 0 Å². The lowest BCUT2D eigenvalue weighted by Crippen LogP contribution is -2.55. The number of nitrogens with zero attached hydrogens (tertiary/aromatic N) is 1. The van der Waals surface area contributed by atoms with Crippen LogP contribution in [-0.2, 0) is 28.6 Å². The molecule has 0 saturated heterocycles. The molecule has 0 radical (unpaired) electrons. The van der Waals surface area contributed by atoms with Gasteiger partial charge in [0.25, 0.3) is 0 Å². The minimum absolute atomic E-state index is 0.00640. The molecule has 0 amide bonds. The molecule has 0 heterocycles. The van der Waals surface area contributed by atoms with E-state index < -0.39 is 24.1 Å². The van der Waals surface area contributed by atoms with E-state index in [4.69, 9.17) is 14.2 Å². The number of carboxylic acids is 1. The van der Waals surface area contributed by atoms with Crippen LogP contribution in [0.4, 0.5) is 0 Å². The molecule has 0 rings (SSSR count). The van der Waals surface area contributed by atoms with Crippen LogP contribution in [0.15, 0.2) is 36.5 Å². The average Bonchev–Trinajstić information content (AvgIpc) is 2.84. The minimum Gasteiger partial charge on any atom is -0.544 e. The lowest BCUT2D eigenvalue weighted by atomic mass is 10.1. The van der Waals surface area contributed by atoms with Gasteiger partial charge in [-0.25, -0.2) is 0 Å². The number of carbonyl (C=O) groups is 3. The van der Waals surface area contributed by atoms with Crippen LogP contribution in [0.1, 0.15) is 84.5 Å². The Bertz CT molecular complexity index is 737. The SMILES string of the molecule is CC/C=C/C/C=C/CCC(=O)OCC(COCCC(C(=O)[O-])[N+](C)(C)C)OC(=O)CC/C=C/CCCCC. The Kier molecular flexibility index (Phi) is 21.1. The minimum atomic E-state index is -1.14. The maximum atomic E-state index is 12.4. The number of likely N-dealkylation sites (N-methyl/N-ethyl adjacent to an activating group) is 1. The fraction of sp³-hybridized carbons (Fsp3) is 0.700. The highest BCUT2D eigenvalue weighted by atomic mass is 16.6. The van der Waals surface area contributed by atoms with Crippen LogP contribution in [0.5, 0.6) is 0 Å². The maximum absolute atomic E-state index is 12.4. The van der Waals surface area contributed by atoms with Crippen molar-refractivity contribution < 1.29 is 38.2 Å². The first-order valence-corrected chi connectivity index (χ1v) is 14.0. The van der Waals surface area contributed by atoms with E-state index in [0.29, 0.717) is 12.8 Å². The molecule has 0 aliphatic rings. The number of allylic oxidation sites excluding steroid dienone is 6. The summed E-state index contributed by atoms with van der Waals surface area (Å²) in [7, 11) is 5.33. The number of aliphatic carboxylic acids is 1. The van der Waals surface area contributed by atoms with Gasteiger partial charge in [-0.3, -0.25) is 9.59 Å². The van der Waals surface area contributed by atoms with Gasteiger partial charge in [-0.2, -0.15) is 0 Å². The van der Waals surface area contributed by atoms with Crippen molar-refractivity contribution in [2.75, 3.05) is 41.0 Å². The van der Waals surface area contributed by atoms with Crippen molar-refractivity contribution in [2.45, 2.75) is 96.6 Å². The summed E-state index contributed by atoms with van der Waals surface area (Å²) in [5, 5.41) is 11.4. The lowest BCUT2D eigenvalue weighted by molar-refractivity contribution is -0.889. The van der Waals surface area contributed by atoms with Gasteiger partial charge >= 0.3 is 11.9 Å². The zero-order valence-electron chi connectivity index (χ0n) is 24.3. The second kappa shape index (κ2) is 22.5. The molecule has 0 spiro atoms. The van der Waals surface area contributed by atoms with Crippen molar-refractivity contribution in [2.24, 2.45) is 0 Å². The van der Waals surface area contributed by atoms with Crippen molar-refractivity contribution >= 4 is 17.9 Å². The first kappa shape index (κ1) is 35.5. The van der Waals surface area contributed by atoms with Gasteiger partial charge in [0, 0.05) is 19.3 Å². The van der Waals surface area contributed by atoms with Crippen LogP contribution < -0.4 is 5.11 Å². The molecular weight excluding hydrogens is 486 g/mol. The summed E-state index contributed by atoms with van der Waals surface area (Å²) in [5.41, 5.74) is 0. The molecule has 8 nitrogen and oxygen atoms in total. The van der Waals surface area contributed by atoms with Crippen LogP contribution in [-0.4, -0.2) is 75.5 Å². The van der Waals surface area contributed by atoms with Gasteiger partial charge in [0.05, 0.1) is 40.3 Å². The van der Waals surface area contributed by atoms with E-state index in [2.05, 4.69) is 32.1 Å². The molecule has 8 heteroatoms. The summed E-state index contributed by atoms with van der Waals surface area (Å²) < 4.78 is 16.7. The highest BCUT2D eigenvalue weighted by Crippen LogP contribution is 2.09. The summed E-state index contributed by atoms with van der Waals surface area (Å²) in [6.45, 7) is 4.28. The highest BCUT2D eigenvalue weighted by molar-refractivity contribution is 5.70. The Balaban J connectivity index is 4.70. The molecule has 2 unspecified atom stereocenters. The van der Waals surface area contributed by atoms with E-state index in [1.54, 1.807) is 21.1 Å². The van der Waals surface area contributed by atoms with Crippen molar-refractivity contribution in [3.63, 3.8) is 0 Å². The number of esters is 2. The predicted molar refractivity (Wildman–Crippen MR) is 148 cm³/mol. The van der Waals surface area contributed by atoms with Crippen molar-refractivity contribution in [3.05, 3.63) is 36.5 Å². The van der Waals surface area contributed by atoms with Gasteiger partial charge in [0.15, 0.2) is 6.10 Å². The van der Waals surface area contributed by atoms with Crippen molar-refractivity contribution in [1.82, 2.24) is 0 Å². The summed E-state index contributed by atoms with van der Waals surface area (Å²) in [4.78, 5) is 36.0. The molecule has 38 heavy (non-hydrogen) atoms. The predicted octanol–water partition coefficient (Wildman–Crippen LogP) is 4.28. The van der Waals surface area contributed by atoms with Crippen LogP contribution in [0.25, 0.3) is 0 Å². The van der Waals surface area contributed by atoms with Gasteiger partial charge in [-0.1, -0.05) is 63.1 Å². The number of ether oxygens (including phenoxy) is 3. The molecule has 0 fully saturated rings. The molecule has 0 aliphatic heterocycles.